The number of allylic oxidation sites excluding steroid dienone is 4. The third-order valence-electron chi connectivity index (χ3n) is 5.51. The lowest BCUT2D eigenvalue weighted by Crippen LogP contribution is -2.30. The van der Waals surface area contributed by atoms with Crippen molar-refractivity contribution in [3.63, 3.8) is 0 Å². The zero-order valence-corrected chi connectivity index (χ0v) is 16.9. The van der Waals surface area contributed by atoms with Crippen molar-refractivity contribution in [2.24, 2.45) is 0 Å². The van der Waals surface area contributed by atoms with Crippen LogP contribution in [0.3, 0.4) is 0 Å². The van der Waals surface area contributed by atoms with Gasteiger partial charge >= 0.3 is 0 Å². The molecule has 1 aliphatic heterocycles. The first-order valence-corrected chi connectivity index (χ1v) is 10.1. The van der Waals surface area contributed by atoms with Gasteiger partial charge in [0.1, 0.15) is 11.5 Å². The molecule has 1 aromatic rings. The van der Waals surface area contributed by atoms with Crippen LogP contribution in [0, 0.1) is 0 Å². The fourth-order valence-corrected chi connectivity index (χ4v) is 4.66. The average molecular weight is 403 g/mol. The molecule has 0 radical (unpaired) electrons. The number of carbonyl (C=O) groups is 2. The van der Waals surface area contributed by atoms with Crippen LogP contribution in [0.15, 0.2) is 34.8 Å². The maximum absolute atomic E-state index is 12.9. The third-order valence-corrected chi connectivity index (χ3v) is 5.79. The molecule has 3 aliphatic rings. The number of hydrogen-bond acceptors (Lipinski definition) is 5. The molecule has 0 bridgehead atoms. The minimum Gasteiger partial charge on any atom is -0.491 e. The second-order valence-corrected chi connectivity index (χ2v) is 7.64. The lowest BCUT2D eigenvalue weighted by atomic mass is 9.73. The van der Waals surface area contributed by atoms with Crippen LogP contribution in [-0.4, -0.2) is 25.3 Å². The number of Topliss-reactive ketones (excluding diaryl/α,β-unsaturated/α-hetero) is 2. The van der Waals surface area contributed by atoms with Crippen molar-refractivity contribution in [2.75, 3.05) is 13.7 Å². The van der Waals surface area contributed by atoms with E-state index in [0.717, 1.165) is 18.4 Å². The molecule has 1 aromatic carbocycles. The minimum absolute atomic E-state index is 0.0427. The minimum atomic E-state index is -0.457. The Morgan fingerprint density at radius 1 is 1.04 bits per heavy atom. The molecule has 0 atom stereocenters. The van der Waals surface area contributed by atoms with Crippen LogP contribution in [0.1, 0.15) is 56.9 Å². The fourth-order valence-electron chi connectivity index (χ4n) is 4.37. The lowest BCUT2D eigenvalue weighted by molar-refractivity contribution is -0.117. The number of carbonyl (C=O) groups excluding carboxylic acids is 2. The first-order valence-electron chi connectivity index (χ1n) is 9.75. The molecule has 28 heavy (non-hydrogen) atoms. The Labute approximate surface area is 169 Å². The van der Waals surface area contributed by atoms with E-state index in [0.29, 0.717) is 71.5 Å². The van der Waals surface area contributed by atoms with E-state index in [1.54, 1.807) is 6.07 Å². The molecule has 6 heteroatoms. The predicted octanol–water partition coefficient (Wildman–Crippen LogP) is 4.88. The molecule has 0 unspecified atom stereocenters. The molecule has 2 aliphatic carbocycles. The Morgan fingerprint density at radius 2 is 1.64 bits per heavy atom. The molecule has 0 aromatic heterocycles. The quantitative estimate of drug-likeness (QED) is 0.718. The maximum Gasteiger partial charge on any atom is 0.179 e. The molecular weight excluding hydrogens is 380 g/mol. The highest BCUT2D eigenvalue weighted by atomic mass is 35.5. The second-order valence-electron chi connectivity index (χ2n) is 7.23. The Bertz CT molecular complexity index is 870. The standard InChI is InChI=1S/C22H23ClO5/c1-3-27-18-11-12(10-13(23)22(18)26-2)19-20-14(24)6-4-8-16(20)28-17-9-5-7-15(25)21(17)19/h10-11,19H,3-9H2,1-2H3. The molecule has 0 saturated heterocycles. The average Bonchev–Trinajstić information content (AvgIpc) is 2.67. The van der Waals surface area contributed by atoms with E-state index >= 15 is 0 Å². The first kappa shape index (κ1) is 19.1. The summed E-state index contributed by atoms with van der Waals surface area (Å²) in [5.74, 6) is 2.01. The van der Waals surface area contributed by atoms with E-state index in [9.17, 15) is 9.59 Å². The SMILES string of the molecule is CCOc1cc(C2C3=C(CCCC3=O)OC3=C2C(=O)CCC3)cc(Cl)c1OC. The Morgan fingerprint density at radius 3 is 2.18 bits per heavy atom. The topological polar surface area (TPSA) is 61.8 Å². The zero-order chi connectivity index (χ0) is 19.8. The van der Waals surface area contributed by atoms with Gasteiger partial charge in [0.25, 0.3) is 0 Å². The molecule has 0 saturated carbocycles. The van der Waals surface area contributed by atoms with Crippen molar-refractivity contribution in [3.8, 4) is 11.5 Å². The number of ether oxygens (including phenoxy) is 3. The van der Waals surface area contributed by atoms with Gasteiger partial charge in [0, 0.05) is 42.7 Å². The maximum atomic E-state index is 12.9. The van der Waals surface area contributed by atoms with Crippen LogP contribution in [0.2, 0.25) is 5.02 Å². The van der Waals surface area contributed by atoms with Crippen LogP contribution >= 0.6 is 11.6 Å². The van der Waals surface area contributed by atoms with Gasteiger partial charge in [0.15, 0.2) is 23.1 Å². The summed E-state index contributed by atoms with van der Waals surface area (Å²) in [6, 6.07) is 3.61. The van der Waals surface area contributed by atoms with Crippen LogP contribution < -0.4 is 9.47 Å². The molecule has 0 amide bonds. The van der Waals surface area contributed by atoms with Crippen molar-refractivity contribution in [2.45, 2.75) is 51.4 Å². The van der Waals surface area contributed by atoms with Gasteiger partial charge in [0.05, 0.1) is 18.7 Å². The normalized spacial score (nSPS) is 20.0. The smallest absolute Gasteiger partial charge is 0.179 e. The van der Waals surface area contributed by atoms with Crippen LogP contribution in [0.25, 0.3) is 0 Å². The van der Waals surface area contributed by atoms with Gasteiger partial charge in [-0.2, -0.15) is 0 Å². The summed E-state index contributed by atoms with van der Waals surface area (Å²) in [4.78, 5) is 25.7. The molecule has 1 heterocycles. The van der Waals surface area contributed by atoms with Crippen molar-refractivity contribution in [1.29, 1.82) is 0 Å². The summed E-state index contributed by atoms with van der Waals surface area (Å²) in [6.07, 6.45) is 3.91. The van der Waals surface area contributed by atoms with E-state index < -0.39 is 5.92 Å². The largest absolute Gasteiger partial charge is 0.491 e. The Balaban J connectivity index is 1.92. The first-order chi connectivity index (χ1) is 13.5. The number of benzene rings is 1. The molecule has 0 fully saturated rings. The third kappa shape index (κ3) is 3.12. The summed E-state index contributed by atoms with van der Waals surface area (Å²) in [6.45, 7) is 2.33. The van der Waals surface area contributed by atoms with E-state index in [1.807, 2.05) is 13.0 Å². The Kier molecular flexibility index (Phi) is 5.19. The van der Waals surface area contributed by atoms with Crippen molar-refractivity contribution < 1.29 is 23.8 Å². The summed E-state index contributed by atoms with van der Waals surface area (Å²) in [5.41, 5.74) is 1.97. The molecule has 0 spiro atoms. The zero-order valence-electron chi connectivity index (χ0n) is 16.1. The number of halogens is 1. The number of rotatable bonds is 4. The number of hydrogen-bond donors (Lipinski definition) is 0. The molecular formula is C22H23ClO5. The van der Waals surface area contributed by atoms with E-state index in [-0.39, 0.29) is 11.6 Å². The van der Waals surface area contributed by atoms with Gasteiger partial charge in [0.2, 0.25) is 0 Å². The Hall–Kier alpha value is -2.27. The molecule has 0 N–H and O–H groups in total. The highest BCUT2D eigenvalue weighted by molar-refractivity contribution is 6.32. The van der Waals surface area contributed by atoms with Gasteiger partial charge in [-0.1, -0.05) is 11.6 Å². The molecule has 148 valence electrons. The molecule has 5 nitrogen and oxygen atoms in total. The van der Waals surface area contributed by atoms with E-state index in [2.05, 4.69) is 0 Å². The van der Waals surface area contributed by atoms with Gasteiger partial charge in [-0.3, -0.25) is 9.59 Å². The second kappa shape index (κ2) is 7.63. The predicted molar refractivity (Wildman–Crippen MR) is 105 cm³/mol. The summed E-state index contributed by atoms with van der Waals surface area (Å²) in [5, 5.41) is 0.394. The van der Waals surface area contributed by atoms with Gasteiger partial charge < -0.3 is 14.2 Å². The highest BCUT2D eigenvalue weighted by Gasteiger charge is 2.42. The van der Waals surface area contributed by atoms with Gasteiger partial charge in [-0.15, -0.1) is 0 Å². The summed E-state index contributed by atoms with van der Waals surface area (Å²) in [7, 11) is 1.54. The van der Waals surface area contributed by atoms with Crippen LogP contribution in [-0.2, 0) is 14.3 Å². The summed E-state index contributed by atoms with van der Waals surface area (Å²) >= 11 is 6.47. The van der Waals surface area contributed by atoms with Crippen molar-refractivity contribution in [1.82, 2.24) is 0 Å². The lowest BCUT2D eigenvalue weighted by Gasteiger charge is -2.36. The monoisotopic (exact) mass is 402 g/mol. The van der Waals surface area contributed by atoms with E-state index in [1.165, 1.54) is 7.11 Å². The van der Waals surface area contributed by atoms with Crippen molar-refractivity contribution >= 4 is 23.2 Å². The van der Waals surface area contributed by atoms with Gasteiger partial charge in [-0.25, -0.2) is 0 Å². The molecule has 4 rings (SSSR count). The number of ketones is 2. The fraction of sp³-hybridized carbons (Fsp3) is 0.455. The van der Waals surface area contributed by atoms with Gasteiger partial charge in [-0.05, 0) is 37.5 Å². The highest BCUT2D eigenvalue weighted by Crippen LogP contribution is 2.50. The number of methoxy groups -OCH3 is 1. The summed E-state index contributed by atoms with van der Waals surface area (Å²) < 4.78 is 17.2. The van der Waals surface area contributed by atoms with Crippen molar-refractivity contribution in [3.05, 3.63) is 45.4 Å². The van der Waals surface area contributed by atoms with Crippen LogP contribution in [0.4, 0.5) is 0 Å². The van der Waals surface area contributed by atoms with Crippen LogP contribution in [0.5, 0.6) is 11.5 Å². The van der Waals surface area contributed by atoms with E-state index in [4.69, 9.17) is 25.8 Å².